The summed E-state index contributed by atoms with van der Waals surface area (Å²) >= 11 is 0. The van der Waals surface area contributed by atoms with Crippen LogP contribution in [-0.4, -0.2) is 23.7 Å². The number of aliphatic hydroxyl groups excluding tert-OH is 1. The first-order valence-electron chi connectivity index (χ1n) is 6.63. The van der Waals surface area contributed by atoms with Gasteiger partial charge in [-0.1, -0.05) is 26.0 Å². The van der Waals surface area contributed by atoms with E-state index >= 15 is 0 Å². The summed E-state index contributed by atoms with van der Waals surface area (Å²) in [7, 11) is 0. The molecule has 0 aromatic heterocycles. The van der Waals surface area contributed by atoms with Gasteiger partial charge in [0.05, 0.1) is 24.3 Å². The first-order valence-corrected chi connectivity index (χ1v) is 6.63. The molecule has 0 bridgehead atoms. The molecule has 19 heavy (non-hydrogen) atoms. The van der Waals surface area contributed by atoms with Crippen LogP contribution >= 0.6 is 0 Å². The topological polar surface area (TPSA) is 58.6 Å². The predicted molar refractivity (Wildman–Crippen MR) is 76.2 cm³/mol. The van der Waals surface area contributed by atoms with Gasteiger partial charge in [-0.05, 0) is 31.9 Å². The van der Waals surface area contributed by atoms with Crippen LogP contribution in [0.1, 0.15) is 27.7 Å². The Labute approximate surface area is 114 Å². The van der Waals surface area contributed by atoms with E-state index in [1.54, 1.807) is 6.07 Å². The Kier molecular flexibility index (Phi) is 5.83. The number of benzene rings is 1. The van der Waals surface area contributed by atoms with E-state index in [0.717, 1.165) is 0 Å². The summed E-state index contributed by atoms with van der Waals surface area (Å²) in [6.07, 6.45) is 0.0387. The molecular formula is C15H23NO3. The van der Waals surface area contributed by atoms with E-state index < -0.39 is 5.92 Å². The number of anilines is 1. The summed E-state index contributed by atoms with van der Waals surface area (Å²) in [5.74, 6) is 0.138. The number of carbonyl (C=O) groups excluding carboxylic acids is 1. The molecule has 0 heterocycles. The maximum Gasteiger partial charge on any atom is 0.230 e. The van der Waals surface area contributed by atoms with E-state index in [0.29, 0.717) is 11.4 Å². The lowest BCUT2D eigenvalue weighted by atomic mass is 9.96. The van der Waals surface area contributed by atoms with Gasteiger partial charge in [-0.15, -0.1) is 0 Å². The average molecular weight is 265 g/mol. The van der Waals surface area contributed by atoms with Gasteiger partial charge in [0.25, 0.3) is 0 Å². The number of rotatable bonds is 6. The Morgan fingerprint density at radius 3 is 2.42 bits per heavy atom. The van der Waals surface area contributed by atoms with Gasteiger partial charge in [0.2, 0.25) is 5.91 Å². The molecule has 0 saturated heterocycles. The highest BCUT2D eigenvalue weighted by molar-refractivity contribution is 5.94. The molecule has 0 aliphatic heterocycles. The van der Waals surface area contributed by atoms with E-state index in [1.807, 2.05) is 45.9 Å². The van der Waals surface area contributed by atoms with Gasteiger partial charge >= 0.3 is 0 Å². The lowest BCUT2D eigenvalue weighted by Gasteiger charge is -2.20. The fraction of sp³-hybridized carbons (Fsp3) is 0.533. The SMILES string of the molecule is CC(C)Oc1ccccc1NC(=O)C(CO)C(C)C. The highest BCUT2D eigenvalue weighted by atomic mass is 16.5. The Bertz CT molecular complexity index is 416. The van der Waals surface area contributed by atoms with Crippen molar-refractivity contribution in [2.75, 3.05) is 11.9 Å². The fourth-order valence-corrected chi connectivity index (χ4v) is 1.75. The first kappa shape index (κ1) is 15.5. The molecule has 1 amide bonds. The summed E-state index contributed by atoms with van der Waals surface area (Å²) in [4.78, 5) is 12.1. The third-order valence-corrected chi connectivity index (χ3v) is 2.85. The van der Waals surface area contributed by atoms with Gasteiger partial charge in [0, 0.05) is 0 Å². The number of aliphatic hydroxyl groups is 1. The van der Waals surface area contributed by atoms with Crippen molar-refractivity contribution in [3.8, 4) is 5.75 Å². The fourth-order valence-electron chi connectivity index (χ4n) is 1.75. The van der Waals surface area contributed by atoms with Crippen LogP contribution in [0, 0.1) is 11.8 Å². The zero-order valence-electron chi connectivity index (χ0n) is 12.0. The molecule has 1 aromatic carbocycles. The second kappa shape index (κ2) is 7.14. The van der Waals surface area contributed by atoms with Crippen LogP contribution in [0.2, 0.25) is 0 Å². The molecule has 0 radical (unpaired) electrons. The quantitative estimate of drug-likeness (QED) is 0.831. The zero-order valence-corrected chi connectivity index (χ0v) is 12.0. The molecule has 1 unspecified atom stereocenters. The molecule has 2 N–H and O–H groups in total. The van der Waals surface area contributed by atoms with Crippen LogP contribution in [0.4, 0.5) is 5.69 Å². The number of amides is 1. The van der Waals surface area contributed by atoms with Crippen LogP contribution in [0.5, 0.6) is 5.75 Å². The maximum absolute atomic E-state index is 12.1. The molecule has 1 atom stereocenters. The molecule has 1 rings (SSSR count). The number of ether oxygens (including phenoxy) is 1. The van der Waals surface area contributed by atoms with Crippen molar-refractivity contribution in [3.63, 3.8) is 0 Å². The van der Waals surface area contributed by atoms with E-state index in [2.05, 4.69) is 5.32 Å². The summed E-state index contributed by atoms with van der Waals surface area (Å²) in [6.45, 7) is 7.54. The minimum Gasteiger partial charge on any atom is -0.489 e. The van der Waals surface area contributed by atoms with Crippen LogP contribution < -0.4 is 10.1 Å². The van der Waals surface area contributed by atoms with Gasteiger partial charge in [-0.3, -0.25) is 4.79 Å². The molecule has 0 fully saturated rings. The van der Waals surface area contributed by atoms with E-state index in [4.69, 9.17) is 4.74 Å². The number of hydrogen-bond acceptors (Lipinski definition) is 3. The number of carbonyl (C=O) groups is 1. The maximum atomic E-state index is 12.1. The van der Waals surface area contributed by atoms with Gasteiger partial charge < -0.3 is 15.2 Å². The Hall–Kier alpha value is -1.55. The summed E-state index contributed by atoms with van der Waals surface area (Å²) in [5.41, 5.74) is 0.639. The minimum absolute atomic E-state index is 0.0387. The summed E-state index contributed by atoms with van der Waals surface area (Å²) < 4.78 is 5.64. The lowest BCUT2D eigenvalue weighted by molar-refractivity contribution is -0.122. The second-order valence-electron chi connectivity index (χ2n) is 5.19. The third kappa shape index (κ3) is 4.56. The number of hydrogen-bond donors (Lipinski definition) is 2. The second-order valence-corrected chi connectivity index (χ2v) is 5.19. The monoisotopic (exact) mass is 265 g/mol. The van der Waals surface area contributed by atoms with Crippen molar-refractivity contribution in [3.05, 3.63) is 24.3 Å². The summed E-state index contributed by atoms with van der Waals surface area (Å²) in [5, 5.41) is 12.1. The standard InChI is InChI=1S/C15H23NO3/c1-10(2)12(9-17)15(18)16-13-7-5-6-8-14(13)19-11(3)4/h5-8,10-12,17H,9H2,1-4H3,(H,16,18). The Morgan fingerprint density at radius 2 is 1.89 bits per heavy atom. The van der Waals surface area contributed by atoms with Crippen molar-refractivity contribution in [2.45, 2.75) is 33.8 Å². The molecule has 4 heteroatoms. The van der Waals surface area contributed by atoms with Crippen molar-refractivity contribution in [1.82, 2.24) is 0 Å². The zero-order chi connectivity index (χ0) is 14.4. The molecular weight excluding hydrogens is 242 g/mol. The summed E-state index contributed by atoms with van der Waals surface area (Å²) in [6, 6.07) is 7.31. The third-order valence-electron chi connectivity index (χ3n) is 2.85. The molecule has 0 aliphatic rings. The number of para-hydroxylation sites is 2. The molecule has 4 nitrogen and oxygen atoms in total. The van der Waals surface area contributed by atoms with Gasteiger partial charge in [0.15, 0.2) is 0 Å². The average Bonchev–Trinajstić information content (AvgIpc) is 2.31. The Morgan fingerprint density at radius 1 is 1.26 bits per heavy atom. The van der Waals surface area contributed by atoms with Crippen molar-refractivity contribution in [2.24, 2.45) is 11.8 Å². The van der Waals surface area contributed by atoms with Crippen molar-refractivity contribution >= 4 is 11.6 Å². The van der Waals surface area contributed by atoms with E-state index in [9.17, 15) is 9.90 Å². The lowest BCUT2D eigenvalue weighted by Crippen LogP contribution is -2.30. The smallest absolute Gasteiger partial charge is 0.230 e. The molecule has 0 saturated carbocycles. The highest BCUT2D eigenvalue weighted by Gasteiger charge is 2.22. The first-order chi connectivity index (χ1) is 8.95. The van der Waals surface area contributed by atoms with Crippen LogP contribution in [0.15, 0.2) is 24.3 Å². The van der Waals surface area contributed by atoms with Gasteiger partial charge in [-0.2, -0.15) is 0 Å². The van der Waals surface area contributed by atoms with E-state index in [-0.39, 0.29) is 24.5 Å². The normalized spacial score (nSPS) is 12.6. The van der Waals surface area contributed by atoms with Crippen LogP contribution in [0.3, 0.4) is 0 Å². The van der Waals surface area contributed by atoms with Crippen molar-refractivity contribution in [1.29, 1.82) is 0 Å². The molecule has 106 valence electrons. The highest BCUT2D eigenvalue weighted by Crippen LogP contribution is 2.26. The minimum atomic E-state index is -0.410. The molecule has 1 aromatic rings. The van der Waals surface area contributed by atoms with E-state index in [1.165, 1.54) is 0 Å². The van der Waals surface area contributed by atoms with Gasteiger partial charge in [0.1, 0.15) is 5.75 Å². The van der Waals surface area contributed by atoms with Gasteiger partial charge in [-0.25, -0.2) is 0 Å². The predicted octanol–water partition coefficient (Wildman–Crippen LogP) is 2.68. The van der Waals surface area contributed by atoms with Crippen LogP contribution in [0.25, 0.3) is 0 Å². The molecule has 0 spiro atoms. The van der Waals surface area contributed by atoms with Crippen molar-refractivity contribution < 1.29 is 14.6 Å². The Balaban J connectivity index is 2.84. The van der Waals surface area contributed by atoms with Crippen LogP contribution in [-0.2, 0) is 4.79 Å². The number of nitrogens with one attached hydrogen (secondary N) is 1. The largest absolute Gasteiger partial charge is 0.489 e. The molecule has 0 aliphatic carbocycles.